The molecule has 2 saturated heterocycles. The van der Waals surface area contributed by atoms with Gasteiger partial charge in [0.25, 0.3) is 0 Å². The fraction of sp³-hybridized carbons (Fsp3) is 1.00. The Hall–Kier alpha value is -0.360. The lowest BCUT2D eigenvalue weighted by atomic mass is 9.99. The lowest BCUT2D eigenvalue weighted by Gasteiger charge is -2.41. The highest BCUT2D eigenvalue weighted by molar-refractivity contribution is 4.93. The number of aliphatic hydroxyl groups is 6. The molecule has 0 amide bonds. The minimum absolute atomic E-state index is 0.389. The van der Waals surface area contributed by atoms with E-state index in [1.54, 1.807) is 6.92 Å². The zero-order valence-corrected chi connectivity index (χ0v) is 11.5. The van der Waals surface area contributed by atoms with Gasteiger partial charge in [0.2, 0.25) is 0 Å². The first-order chi connectivity index (χ1) is 9.90. The Morgan fingerprint density at radius 3 is 1.90 bits per heavy atom. The number of hydrogen-bond donors (Lipinski definition) is 6. The van der Waals surface area contributed by atoms with Gasteiger partial charge in [0, 0.05) is 0 Å². The molecule has 0 spiro atoms. The normalized spacial score (nSPS) is 51.3. The Bertz CT molecular complexity index is 339. The van der Waals surface area contributed by atoms with Crippen molar-refractivity contribution in [2.45, 2.75) is 62.0 Å². The van der Waals surface area contributed by atoms with E-state index in [1.807, 2.05) is 0 Å². The van der Waals surface area contributed by atoms with Crippen LogP contribution in [0.3, 0.4) is 0 Å². The first-order valence-corrected chi connectivity index (χ1v) is 6.81. The van der Waals surface area contributed by atoms with Crippen LogP contribution in [0.25, 0.3) is 0 Å². The third kappa shape index (κ3) is 3.21. The molecule has 0 aromatic rings. The van der Waals surface area contributed by atoms with Crippen molar-refractivity contribution in [3.05, 3.63) is 0 Å². The SMILES string of the molecule is C[C@H]1O[C@H](CO)[C@@H](O)[C@@H]1O[C@@H]1O[C@@H](CO)[C@@H](O)[C@H](O)[C@H]1O. The van der Waals surface area contributed by atoms with Gasteiger partial charge in [-0.05, 0) is 6.92 Å². The van der Waals surface area contributed by atoms with Crippen LogP contribution in [0.1, 0.15) is 6.92 Å². The highest BCUT2D eigenvalue weighted by atomic mass is 16.7. The minimum atomic E-state index is -1.55. The topological polar surface area (TPSA) is 149 Å². The first-order valence-electron chi connectivity index (χ1n) is 6.81. The molecule has 21 heavy (non-hydrogen) atoms. The second-order valence-corrected chi connectivity index (χ2v) is 5.35. The Labute approximate surface area is 121 Å². The second-order valence-electron chi connectivity index (χ2n) is 5.35. The van der Waals surface area contributed by atoms with Crippen molar-refractivity contribution in [1.82, 2.24) is 0 Å². The van der Waals surface area contributed by atoms with Crippen LogP contribution in [0.15, 0.2) is 0 Å². The monoisotopic (exact) mass is 310 g/mol. The smallest absolute Gasteiger partial charge is 0.187 e. The molecule has 2 heterocycles. The van der Waals surface area contributed by atoms with Crippen molar-refractivity contribution in [1.29, 1.82) is 0 Å². The zero-order valence-electron chi connectivity index (χ0n) is 11.5. The van der Waals surface area contributed by atoms with Gasteiger partial charge in [0.15, 0.2) is 6.29 Å². The summed E-state index contributed by atoms with van der Waals surface area (Å²) >= 11 is 0. The largest absolute Gasteiger partial charge is 0.394 e. The van der Waals surface area contributed by atoms with E-state index in [1.165, 1.54) is 0 Å². The molecule has 0 aromatic heterocycles. The average molecular weight is 310 g/mol. The molecule has 9 heteroatoms. The maximum atomic E-state index is 9.97. The van der Waals surface area contributed by atoms with Gasteiger partial charge in [-0.2, -0.15) is 0 Å². The number of aliphatic hydroxyl groups excluding tert-OH is 6. The van der Waals surface area contributed by atoms with Gasteiger partial charge in [0.1, 0.15) is 42.7 Å². The lowest BCUT2D eigenvalue weighted by molar-refractivity contribution is -0.317. The Kier molecular flexibility index (Phi) is 5.52. The quantitative estimate of drug-likeness (QED) is 0.308. The van der Waals surface area contributed by atoms with E-state index < -0.39 is 61.7 Å². The molecular weight excluding hydrogens is 288 g/mol. The molecule has 2 aliphatic heterocycles. The Morgan fingerprint density at radius 2 is 1.38 bits per heavy atom. The Morgan fingerprint density at radius 1 is 0.810 bits per heavy atom. The van der Waals surface area contributed by atoms with E-state index >= 15 is 0 Å². The molecule has 9 atom stereocenters. The third-order valence-corrected chi connectivity index (χ3v) is 3.89. The summed E-state index contributed by atoms with van der Waals surface area (Å²) in [5.74, 6) is 0. The van der Waals surface area contributed by atoms with Crippen LogP contribution in [-0.2, 0) is 14.2 Å². The summed E-state index contributed by atoms with van der Waals surface area (Å²) in [7, 11) is 0. The van der Waals surface area contributed by atoms with Gasteiger partial charge in [-0.15, -0.1) is 0 Å². The summed E-state index contributed by atoms with van der Waals surface area (Å²) in [4.78, 5) is 0. The van der Waals surface area contributed by atoms with Gasteiger partial charge in [-0.3, -0.25) is 0 Å². The highest BCUT2D eigenvalue weighted by Gasteiger charge is 2.49. The van der Waals surface area contributed by atoms with Crippen LogP contribution in [0, 0.1) is 0 Å². The van der Waals surface area contributed by atoms with Crippen LogP contribution in [0.5, 0.6) is 0 Å². The molecule has 0 aromatic carbocycles. The van der Waals surface area contributed by atoms with Crippen molar-refractivity contribution in [2.75, 3.05) is 13.2 Å². The third-order valence-electron chi connectivity index (χ3n) is 3.89. The fourth-order valence-electron chi connectivity index (χ4n) is 2.60. The molecule has 0 unspecified atom stereocenters. The summed E-state index contributed by atoms with van der Waals surface area (Å²) in [6.45, 7) is 0.664. The predicted octanol–water partition coefficient (Wildman–Crippen LogP) is -3.69. The summed E-state index contributed by atoms with van der Waals surface area (Å²) < 4.78 is 15.9. The number of rotatable bonds is 4. The molecule has 2 fully saturated rings. The van der Waals surface area contributed by atoms with Crippen molar-refractivity contribution < 1.29 is 44.8 Å². The molecule has 124 valence electrons. The Balaban J connectivity index is 2.04. The summed E-state index contributed by atoms with van der Waals surface area (Å²) in [5.41, 5.74) is 0. The molecule has 9 nitrogen and oxygen atoms in total. The van der Waals surface area contributed by atoms with Gasteiger partial charge >= 0.3 is 0 Å². The molecule has 0 aliphatic carbocycles. The maximum Gasteiger partial charge on any atom is 0.187 e. The fourth-order valence-corrected chi connectivity index (χ4v) is 2.60. The van der Waals surface area contributed by atoms with Crippen molar-refractivity contribution in [3.63, 3.8) is 0 Å². The highest BCUT2D eigenvalue weighted by Crippen LogP contribution is 2.29. The number of ether oxygens (including phenoxy) is 3. The zero-order chi connectivity index (χ0) is 15.7. The van der Waals surface area contributed by atoms with Crippen LogP contribution in [0.4, 0.5) is 0 Å². The molecule has 0 saturated carbocycles. The van der Waals surface area contributed by atoms with E-state index in [4.69, 9.17) is 24.4 Å². The van der Waals surface area contributed by atoms with E-state index in [-0.39, 0.29) is 6.61 Å². The lowest BCUT2D eigenvalue weighted by Crippen LogP contribution is -2.60. The standard InChI is InChI=1S/C12H22O9/c1-4-11(8(16)6(3-14)19-4)21-12-10(18)9(17)7(15)5(2-13)20-12/h4-18H,2-3H2,1H3/t4-,5+,6-,7-,8-,9+,10-,11-,12+/m1/s1. The molecule has 2 aliphatic rings. The summed E-state index contributed by atoms with van der Waals surface area (Å²) in [6.07, 6.45) is -10.4. The van der Waals surface area contributed by atoms with E-state index in [0.29, 0.717) is 0 Å². The van der Waals surface area contributed by atoms with Crippen LogP contribution in [-0.4, -0.2) is 99.0 Å². The van der Waals surface area contributed by atoms with Gasteiger partial charge in [-0.25, -0.2) is 0 Å². The van der Waals surface area contributed by atoms with Crippen molar-refractivity contribution in [3.8, 4) is 0 Å². The number of hydrogen-bond acceptors (Lipinski definition) is 9. The predicted molar refractivity (Wildman–Crippen MR) is 66.1 cm³/mol. The second kappa shape index (κ2) is 6.82. The van der Waals surface area contributed by atoms with Crippen LogP contribution in [0.2, 0.25) is 0 Å². The van der Waals surface area contributed by atoms with E-state index in [0.717, 1.165) is 0 Å². The van der Waals surface area contributed by atoms with Gasteiger partial charge in [0.05, 0.1) is 19.3 Å². The van der Waals surface area contributed by atoms with Crippen LogP contribution >= 0.6 is 0 Å². The molecule has 6 N–H and O–H groups in total. The van der Waals surface area contributed by atoms with Crippen LogP contribution < -0.4 is 0 Å². The van der Waals surface area contributed by atoms with Crippen molar-refractivity contribution >= 4 is 0 Å². The van der Waals surface area contributed by atoms with Gasteiger partial charge < -0.3 is 44.8 Å². The van der Waals surface area contributed by atoms with Crippen molar-refractivity contribution in [2.24, 2.45) is 0 Å². The molecule has 2 rings (SSSR count). The minimum Gasteiger partial charge on any atom is -0.394 e. The molecule has 0 radical (unpaired) electrons. The first kappa shape index (κ1) is 17.0. The maximum absolute atomic E-state index is 9.97. The summed E-state index contributed by atoms with van der Waals surface area (Å²) in [6, 6.07) is 0. The van der Waals surface area contributed by atoms with E-state index in [9.17, 15) is 20.4 Å². The average Bonchev–Trinajstić information content (AvgIpc) is 2.74. The van der Waals surface area contributed by atoms with Gasteiger partial charge in [-0.1, -0.05) is 0 Å². The molecule has 0 bridgehead atoms. The summed E-state index contributed by atoms with van der Waals surface area (Å²) in [5, 5.41) is 57.3. The van der Waals surface area contributed by atoms with E-state index in [2.05, 4.69) is 0 Å². The molecular formula is C12H22O9.